The van der Waals surface area contributed by atoms with Gasteiger partial charge in [-0.2, -0.15) is 0 Å². The van der Waals surface area contributed by atoms with Crippen molar-refractivity contribution in [2.24, 2.45) is 0 Å². The van der Waals surface area contributed by atoms with Crippen LogP contribution in [-0.2, 0) is 0 Å². The lowest BCUT2D eigenvalue weighted by atomic mass is 9.97. The molecule has 2 aromatic carbocycles. The van der Waals surface area contributed by atoms with Gasteiger partial charge in [0, 0.05) is 11.6 Å². The van der Waals surface area contributed by atoms with Crippen LogP contribution in [0.15, 0.2) is 41.6 Å². The minimum Gasteiger partial charge on any atom is -0.299 e. The maximum Gasteiger partial charge on any atom is 0.192 e. The number of Topliss-reactive ketones (excluding diaryl/α,β-unsaturated/α-hetero) is 1. The number of ketones is 1. The van der Waals surface area contributed by atoms with Gasteiger partial charge in [-0.25, -0.2) is 4.39 Å². The number of hydrogen-bond acceptors (Lipinski definition) is 4. The summed E-state index contributed by atoms with van der Waals surface area (Å²) in [5, 5.41) is 8.96. The Morgan fingerprint density at radius 3 is 2.48 bits per heavy atom. The van der Waals surface area contributed by atoms with E-state index in [1.54, 1.807) is 18.2 Å². The normalized spacial score (nSPS) is 14.8. The Morgan fingerprint density at radius 2 is 1.79 bits per heavy atom. The molecule has 0 bridgehead atoms. The van der Waals surface area contributed by atoms with Gasteiger partial charge in [0.05, 0.1) is 10.8 Å². The van der Waals surface area contributed by atoms with E-state index in [1.165, 1.54) is 23.4 Å². The highest BCUT2D eigenvalue weighted by Gasteiger charge is 2.32. The van der Waals surface area contributed by atoms with Gasteiger partial charge in [0.2, 0.25) is 0 Å². The maximum absolute atomic E-state index is 14.3. The fourth-order valence-electron chi connectivity index (χ4n) is 3.50. The lowest BCUT2D eigenvalue weighted by Gasteiger charge is -2.15. The van der Waals surface area contributed by atoms with Gasteiger partial charge in [-0.3, -0.25) is 9.36 Å². The molecule has 1 aliphatic rings. The molecule has 1 aliphatic carbocycles. The molecule has 1 unspecified atom stereocenters. The Labute approximate surface area is 174 Å². The quantitative estimate of drug-likeness (QED) is 0.387. The zero-order chi connectivity index (χ0) is 20.7. The van der Waals surface area contributed by atoms with Crippen LogP contribution in [-0.4, -0.2) is 25.8 Å². The standard InChI is InChI=1S/C23H24FN3OS/c1-13-11-15(3)19(12-14(13)2)21(28)16(4)29-23-26-25-22(27(23)17-9-10-17)18-7-5-6-8-20(18)24/h5-8,11-12,16-17H,9-10H2,1-4H3. The summed E-state index contributed by atoms with van der Waals surface area (Å²) >= 11 is 1.40. The largest absolute Gasteiger partial charge is 0.299 e. The van der Waals surface area contributed by atoms with E-state index in [9.17, 15) is 9.18 Å². The van der Waals surface area contributed by atoms with Crippen molar-refractivity contribution in [2.75, 3.05) is 0 Å². The topological polar surface area (TPSA) is 47.8 Å². The van der Waals surface area contributed by atoms with Gasteiger partial charge in [0.1, 0.15) is 5.82 Å². The van der Waals surface area contributed by atoms with Crippen LogP contribution in [0.4, 0.5) is 4.39 Å². The molecular weight excluding hydrogens is 385 g/mol. The first-order valence-electron chi connectivity index (χ1n) is 9.85. The van der Waals surface area contributed by atoms with Crippen molar-refractivity contribution >= 4 is 17.5 Å². The first-order valence-corrected chi connectivity index (χ1v) is 10.7. The summed E-state index contributed by atoms with van der Waals surface area (Å²) in [7, 11) is 0. The molecule has 1 aromatic heterocycles. The van der Waals surface area contributed by atoms with Crippen LogP contribution in [0, 0.1) is 26.6 Å². The number of thioether (sulfide) groups is 1. The average Bonchev–Trinajstić information content (AvgIpc) is 3.45. The molecule has 1 saturated carbocycles. The smallest absolute Gasteiger partial charge is 0.192 e. The molecular formula is C23H24FN3OS. The van der Waals surface area contributed by atoms with Crippen LogP contribution in [0.5, 0.6) is 0 Å². The molecule has 6 heteroatoms. The van der Waals surface area contributed by atoms with Crippen molar-refractivity contribution in [1.82, 2.24) is 14.8 Å². The molecule has 0 amide bonds. The van der Waals surface area contributed by atoms with Gasteiger partial charge in [-0.05, 0) is 75.4 Å². The number of rotatable bonds is 6. The number of halogens is 1. The minimum atomic E-state index is -0.314. The number of hydrogen-bond donors (Lipinski definition) is 0. The molecule has 1 fully saturated rings. The van der Waals surface area contributed by atoms with Crippen molar-refractivity contribution in [1.29, 1.82) is 0 Å². The molecule has 3 aromatic rings. The summed E-state index contributed by atoms with van der Waals surface area (Å²) in [4.78, 5) is 13.1. The zero-order valence-electron chi connectivity index (χ0n) is 17.1. The third-order valence-corrected chi connectivity index (χ3v) is 6.51. The Kier molecular flexibility index (Phi) is 5.30. The molecule has 29 heavy (non-hydrogen) atoms. The van der Waals surface area contributed by atoms with E-state index >= 15 is 0 Å². The first-order chi connectivity index (χ1) is 13.9. The van der Waals surface area contributed by atoms with Crippen molar-refractivity contribution in [3.8, 4) is 11.4 Å². The number of carbonyl (C=O) groups is 1. The molecule has 0 spiro atoms. The van der Waals surface area contributed by atoms with Crippen LogP contribution in [0.1, 0.15) is 52.9 Å². The van der Waals surface area contributed by atoms with Crippen LogP contribution in [0.2, 0.25) is 0 Å². The molecule has 4 rings (SSSR count). The van der Waals surface area contributed by atoms with Gasteiger partial charge < -0.3 is 0 Å². The Bertz CT molecular complexity index is 1090. The zero-order valence-corrected chi connectivity index (χ0v) is 17.9. The van der Waals surface area contributed by atoms with Crippen LogP contribution >= 0.6 is 11.8 Å². The lowest BCUT2D eigenvalue weighted by Crippen LogP contribution is -2.16. The van der Waals surface area contributed by atoms with E-state index in [0.29, 0.717) is 16.5 Å². The fourth-order valence-corrected chi connectivity index (χ4v) is 4.49. The highest BCUT2D eigenvalue weighted by atomic mass is 32.2. The predicted molar refractivity (Wildman–Crippen MR) is 114 cm³/mol. The molecule has 0 radical (unpaired) electrons. The van der Waals surface area contributed by atoms with E-state index in [-0.39, 0.29) is 22.9 Å². The summed E-state index contributed by atoms with van der Waals surface area (Å²) < 4.78 is 16.3. The second kappa shape index (κ2) is 7.75. The number of nitrogens with zero attached hydrogens (tertiary/aromatic N) is 3. The highest BCUT2D eigenvalue weighted by Crippen LogP contribution is 2.42. The monoisotopic (exact) mass is 409 g/mol. The molecule has 150 valence electrons. The van der Waals surface area contributed by atoms with Crippen LogP contribution < -0.4 is 0 Å². The van der Waals surface area contributed by atoms with Crippen molar-refractivity contribution in [2.45, 2.75) is 57.0 Å². The van der Waals surface area contributed by atoms with Crippen LogP contribution in [0.3, 0.4) is 0 Å². The van der Waals surface area contributed by atoms with Crippen LogP contribution in [0.25, 0.3) is 11.4 Å². The Balaban J connectivity index is 1.64. The van der Waals surface area contributed by atoms with E-state index in [1.807, 2.05) is 31.4 Å². The number of benzene rings is 2. The van der Waals surface area contributed by atoms with E-state index in [0.717, 1.165) is 29.5 Å². The van der Waals surface area contributed by atoms with Gasteiger partial charge in [0.15, 0.2) is 16.8 Å². The SMILES string of the molecule is Cc1cc(C)c(C(=O)C(C)Sc2nnc(-c3ccccc3F)n2C2CC2)cc1C. The van der Waals surface area contributed by atoms with Crippen molar-refractivity contribution < 1.29 is 9.18 Å². The second-order valence-electron chi connectivity index (χ2n) is 7.76. The van der Waals surface area contributed by atoms with Crippen molar-refractivity contribution in [3.63, 3.8) is 0 Å². The van der Waals surface area contributed by atoms with Gasteiger partial charge in [0.25, 0.3) is 0 Å². The molecule has 4 nitrogen and oxygen atoms in total. The van der Waals surface area contributed by atoms with Gasteiger partial charge >= 0.3 is 0 Å². The van der Waals surface area contributed by atoms with E-state index in [4.69, 9.17) is 0 Å². The van der Waals surface area contributed by atoms with E-state index < -0.39 is 0 Å². The molecule has 0 N–H and O–H groups in total. The third-order valence-electron chi connectivity index (χ3n) is 5.45. The molecule has 0 aliphatic heterocycles. The Morgan fingerprint density at radius 1 is 1.10 bits per heavy atom. The number of carbonyl (C=O) groups excluding carboxylic acids is 1. The summed E-state index contributed by atoms with van der Waals surface area (Å²) in [5.41, 5.74) is 4.48. The summed E-state index contributed by atoms with van der Waals surface area (Å²) in [6.45, 7) is 7.95. The third kappa shape index (κ3) is 3.86. The summed E-state index contributed by atoms with van der Waals surface area (Å²) in [6.07, 6.45) is 2.04. The number of aryl methyl sites for hydroxylation is 3. The minimum absolute atomic E-state index is 0.0772. The number of aromatic nitrogens is 3. The Hall–Kier alpha value is -2.47. The predicted octanol–water partition coefficient (Wildman–Crippen LogP) is 5.71. The summed E-state index contributed by atoms with van der Waals surface area (Å²) in [5.74, 6) is 0.303. The molecule has 1 heterocycles. The van der Waals surface area contributed by atoms with E-state index in [2.05, 4.69) is 23.2 Å². The maximum atomic E-state index is 14.3. The summed E-state index contributed by atoms with van der Waals surface area (Å²) in [6, 6.07) is 10.9. The fraction of sp³-hybridized carbons (Fsp3) is 0.348. The average molecular weight is 410 g/mol. The lowest BCUT2D eigenvalue weighted by molar-refractivity contribution is 0.0993. The highest BCUT2D eigenvalue weighted by molar-refractivity contribution is 8.00. The molecule has 1 atom stereocenters. The van der Waals surface area contributed by atoms with Gasteiger partial charge in [-0.1, -0.05) is 30.0 Å². The second-order valence-corrected chi connectivity index (χ2v) is 9.07. The molecule has 0 saturated heterocycles. The first kappa shape index (κ1) is 19.8. The van der Waals surface area contributed by atoms with Crippen molar-refractivity contribution in [3.05, 3.63) is 64.5 Å². The van der Waals surface area contributed by atoms with Gasteiger partial charge in [-0.15, -0.1) is 10.2 Å².